The van der Waals surface area contributed by atoms with E-state index in [4.69, 9.17) is 39.5 Å². The highest BCUT2D eigenvalue weighted by atomic mass is 35.5. The van der Waals surface area contributed by atoms with Gasteiger partial charge in [0.1, 0.15) is 17.4 Å². The number of ether oxygens (including phenoxy) is 1. The van der Waals surface area contributed by atoms with Gasteiger partial charge in [0.05, 0.1) is 0 Å². The highest BCUT2D eigenvalue weighted by molar-refractivity contribution is 6.21. The van der Waals surface area contributed by atoms with Crippen LogP contribution in [0.4, 0.5) is 0 Å². The van der Waals surface area contributed by atoms with E-state index in [2.05, 4.69) is 16.4 Å². The number of rotatable bonds is 5. The number of hydrogen-bond donors (Lipinski definition) is 0. The third-order valence-corrected chi connectivity index (χ3v) is 0.910. The van der Waals surface area contributed by atoms with Crippen molar-refractivity contribution in [2.45, 2.75) is 37.5 Å². The van der Waals surface area contributed by atoms with Gasteiger partial charge in [-0.05, 0) is 20.8 Å². The van der Waals surface area contributed by atoms with Crippen molar-refractivity contribution in [1.29, 1.82) is 0 Å². The quantitative estimate of drug-likeness (QED) is 0.327. The summed E-state index contributed by atoms with van der Waals surface area (Å²) in [6.07, 6.45) is 1.17. The Morgan fingerprint density at radius 3 is 1.50 bits per heavy atom. The van der Waals surface area contributed by atoms with Crippen molar-refractivity contribution in [3.05, 3.63) is 12.8 Å². The Morgan fingerprint density at radius 2 is 1.43 bits per heavy atom. The van der Waals surface area contributed by atoms with E-state index in [0.29, 0.717) is 0 Å². The van der Waals surface area contributed by atoms with Crippen LogP contribution in [0.1, 0.15) is 20.8 Å². The van der Waals surface area contributed by atoms with Crippen molar-refractivity contribution >= 4 is 34.8 Å². The molecule has 0 fully saturated rings. The van der Waals surface area contributed by atoms with E-state index >= 15 is 0 Å². The van der Waals surface area contributed by atoms with Gasteiger partial charge in [0.2, 0.25) is 0 Å². The number of hydrogen-bond acceptors (Lipinski definition) is 3. The predicted molar refractivity (Wildman–Crippen MR) is 59.4 cm³/mol. The Hall–Kier alpha value is 0.330. The molecular formula is C8H15Cl3O3. The largest absolute Gasteiger partial charge is 0.345 e. The average Bonchev–Trinajstić information content (AvgIpc) is 1.99. The van der Waals surface area contributed by atoms with E-state index in [9.17, 15) is 0 Å². The van der Waals surface area contributed by atoms with Crippen LogP contribution in [-0.4, -0.2) is 16.7 Å². The predicted octanol–water partition coefficient (Wildman–Crippen LogP) is 3.84. The molecular weight excluding hydrogens is 250 g/mol. The van der Waals surface area contributed by atoms with Crippen LogP contribution in [-0.2, 0) is 14.5 Å². The number of alkyl halides is 3. The molecule has 3 nitrogen and oxygen atoms in total. The van der Waals surface area contributed by atoms with Gasteiger partial charge in [-0.2, -0.15) is 4.89 Å². The summed E-state index contributed by atoms with van der Waals surface area (Å²) >= 11 is 16.0. The monoisotopic (exact) mass is 264 g/mol. The summed E-state index contributed by atoms with van der Waals surface area (Å²) in [6, 6.07) is 0. The molecule has 0 aromatic heterocycles. The summed E-state index contributed by atoms with van der Waals surface area (Å²) in [6.45, 7) is 8.32. The Labute approximate surface area is 99.8 Å². The summed E-state index contributed by atoms with van der Waals surface area (Å²) < 4.78 is 4.78. The van der Waals surface area contributed by atoms with Gasteiger partial charge in [0.25, 0.3) is 0 Å². The van der Waals surface area contributed by atoms with Gasteiger partial charge >= 0.3 is 0 Å². The molecule has 0 amide bonds. The van der Waals surface area contributed by atoms with Crippen molar-refractivity contribution in [1.82, 2.24) is 0 Å². The molecule has 0 heterocycles. The molecule has 0 aliphatic heterocycles. The highest BCUT2D eigenvalue weighted by Gasteiger charge is 1.98. The molecule has 86 valence electrons. The zero-order valence-electron chi connectivity index (χ0n) is 8.38. The maximum Gasteiger partial charge on any atom is 0.175 e. The van der Waals surface area contributed by atoms with Crippen molar-refractivity contribution < 1.29 is 14.5 Å². The summed E-state index contributed by atoms with van der Waals surface area (Å²) in [7, 11) is 0. The molecule has 0 aromatic carbocycles. The molecule has 0 saturated carbocycles. The molecule has 0 radical (unpaired) electrons. The second kappa shape index (κ2) is 11.4. The lowest BCUT2D eigenvalue weighted by atomic mass is 10.8. The van der Waals surface area contributed by atoms with Gasteiger partial charge in [-0.15, -0.1) is 0 Å². The van der Waals surface area contributed by atoms with Gasteiger partial charge in [-0.25, -0.2) is 0 Å². The number of halogens is 3. The molecule has 0 aliphatic carbocycles. The molecule has 3 unspecified atom stereocenters. The molecule has 6 heteroatoms. The highest BCUT2D eigenvalue weighted by Crippen LogP contribution is 2.03. The SMILES string of the molecule is C=COOC(C)Cl.CC(Cl)OC(C)Cl. The van der Waals surface area contributed by atoms with Crippen LogP contribution in [0.5, 0.6) is 0 Å². The smallest absolute Gasteiger partial charge is 0.175 e. The van der Waals surface area contributed by atoms with Gasteiger partial charge < -0.3 is 9.62 Å². The average molecular weight is 266 g/mol. The second-order valence-electron chi connectivity index (χ2n) is 2.12. The summed E-state index contributed by atoms with van der Waals surface area (Å²) in [4.78, 5) is 8.57. The van der Waals surface area contributed by atoms with E-state index in [-0.39, 0.29) is 11.1 Å². The van der Waals surface area contributed by atoms with Crippen LogP contribution < -0.4 is 0 Å². The first-order valence-corrected chi connectivity index (χ1v) is 5.21. The van der Waals surface area contributed by atoms with E-state index in [0.717, 1.165) is 0 Å². The third-order valence-electron chi connectivity index (χ3n) is 0.631. The minimum atomic E-state index is -0.419. The first-order chi connectivity index (χ1) is 6.40. The van der Waals surface area contributed by atoms with Crippen molar-refractivity contribution in [3.63, 3.8) is 0 Å². The fourth-order valence-corrected chi connectivity index (χ4v) is 0.777. The molecule has 0 N–H and O–H groups in total. The summed E-state index contributed by atoms with van der Waals surface area (Å²) in [5, 5.41) is 0. The first kappa shape index (κ1) is 16.7. The Kier molecular flexibility index (Phi) is 13.6. The zero-order valence-corrected chi connectivity index (χ0v) is 10.6. The van der Waals surface area contributed by atoms with Gasteiger partial charge in [-0.1, -0.05) is 41.4 Å². The van der Waals surface area contributed by atoms with E-state index in [1.807, 2.05) is 0 Å². The van der Waals surface area contributed by atoms with E-state index < -0.39 is 5.56 Å². The third kappa shape index (κ3) is 22.8. The van der Waals surface area contributed by atoms with E-state index in [1.165, 1.54) is 6.26 Å². The van der Waals surface area contributed by atoms with Gasteiger partial charge in [0, 0.05) is 0 Å². The lowest BCUT2D eigenvalue weighted by molar-refractivity contribution is -0.257. The van der Waals surface area contributed by atoms with Crippen LogP contribution in [0, 0.1) is 0 Å². The molecule has 0 bridgehead atoms. The fraction of sp³-hybridized carbons (Fsp3) is 0.750. The maximum atomic E-state index is 5.37. The molecule has 0 aromatic rings. The first-order valence-electron chi connectivity index (χ1n) is 3.90. The molecule has 0 rings (SSSR count). The molecule has 0 spiro atoms. The summed E-state index contributed by atoms with van der Waals surface area (Å²) in [5.74, 6) is 0. The van der Waals surface area contributed by atoms with Crippen LogP contribution in [0.3, 0.4) is 0 Å². The van der Waals surface area contributed by atoms with Gasteiger partial charge in [0.15, 0.2) is 5.56 Å². The molecule has 0 saturated heterocycles. The van der Waals surface area contributed by atoms with Crippen molar-refractivity contribution in [2.75, 3.05) is 0 Å². The zero-order chi connectivity index (χ0) is 11.6. The molecule has 0 aliphatic rings. The second-order valence-corrected chi connectivity index (χ2v) is 3.97. The van der Waals surface area contributed by atoms with E-state index in [1.54, 1.807) is 20.8 Å². The van der Waals surface area contributed by atoms with Crippen LogP contribution in [0.2, 0.25) is 0 Å². The standard InChI is InChI=1S/C4H8Cl2O.C4H7ClO2/c1-3(5)7-4(2)6;1-3-6-7-4(2)5/h3-4H,1-2H3;3-4H,1H2,2H3. The fourth-order valence-electron chi connectivity index (χ4n) is 0.374. The minimum absolute atomic E-state index is 0.285. The maximum absolute atomic E-state index is 5.37. The van der Waals surface area contributed by atoms with Crippen LogP contribution in [0.25, 0.3) is 0 Å². The normalized spacial score (nSPS) is 15.9. The van der Waals surface area contributed by atoms with Crippen molar-refractivity contribution in [3.8, 4) is 0 Å². The molecule has 14 heavy (non-hydrogen) atoms. The van der Waals surface area contributed by atoms with Gasteiger partial charge in [-0.3, -0.25) is 0 Å². The Bertz CT molecular complexity index is 123. The Balaban J connectivity index is 0. The lowest BCUT2D eigenvalue weighted by Gasteiger charge is -2.05. The topological polar surface area (TPSA) is 27.7 Å². The molecule has 3 atom stereocenters. The lowest BCUT2D eigenvalue weighted by Crippen LogP contribution is -2.04. The summed E-state index contributed by atoms with van der Waals surface area (Å²) in [5.41, 5.74) is -0.988. The van der Waals surface area contributed by atoms with Crippen molar-refractivity contribution in [2.24, 2.45) is 0 Å². The minimum Gasteiger partial charge on any atom is -0.345 e. The van der Waals surface area contributed by atoms with Crippen LogP contribution >= 0.6 is 34.8 Å². The van der Waals surface area contributed by atoms with Crippen LogP contribution in [0.15, 0.2) is 12.8 Å². The Morgan fingerprint density at radius 1 is 1.00 bits per heavy atom.